The number of unbranched alkanes of at least 4 members (excludes halogenated alkanes) is 2. The van der Waals surface area contributed by atoms with E-state index in [1.807, 2.05) is 55.5 Å². The van der Waals surface area contributed by atoms with E-state index in [1.165, 1.54) is 0 Å². The van der Waals surface area contributed by atoms with E-state index in [0.717, 1.165) is 30.4 Å². The summed E-state index contributed by atoms with van der Waals surface area (Å²) in [7, 11) is 1.61. The summed E-state index contributed by atoms with van der Waals surface area (Å²) in [6, 6.07) is 14.8. The average molecular weight is 455 g/mol. The Bertz CT molecular complexity index is 975. The molecule has 1 atom stereocenters. The molecule has 3 rings (SSSR count). The van der Waals surface area contributed by atoms with Gasteiger partial charge in [0.1, 0.15) is 6.61 Å². The summed E-state index contributed by atoms with van der Waals surface area (Å²) in [5, 5.41) is 6.67. The molecular weight excluding hydrogens is 424 g/mol. The van der Waals surface area contributed by atoms with Gasteiger partial charge in [0.2, 0.25) is 0 Å². The van der Waals surface area contributed by atoms with Crippen LogP contribution in [0.1, 0.15) is 50.3 Å². The zero-order valence-corrected chi connectivity index (χ0v) is 19.6. The van der Waals surface area contributed by atoms with Gasteiger partial charge in [-0.3, -0.25) is 0 Å². The summed E-state index contributed by atoms with van der Waals surface area (Å²) >= 11 is 5.35. The number of ether oxygens (including phenoxy) is 3. The molecule has 2 aromatic rings. The summed E-state index contributed by atoms with van der Waals surface area (Å²) in [6.07, 6.45) is 3.25. The maximum atomic E-state index is 13.0. The standard InChI is InChI=1S/C25H30N2O4S/c1-4-5-9-14-30-20-13-12-19(15-21(20)29-3)23-22(17(2)26-25(32)27-23)24(28)31-16-18-10-7-6-8-11-18/h6-8,10-13,15,23H,4-5,9,14,16H2,1-3H3,(H2,26,27,32). The predicted octanol–water partition coefficient (Wildman–Crippen LogP) is 4.80. The largest absolute Gasteiger partial charge is 0.493 e. The van der Waals surface area contributed by atoms with Crippen molar-refractivity contribution in [1.82, 2.24) is 10.6 Å². The molecule has 6 nitrogen and oxygen atoms in total. The summed E-state index contributed by atoms with van der Waals surface area (Å²) in [5.41, 5.74) is 2.90. The van der Waals surface area contributed by atoms with Crippen molar-refractivity contribution in [3.8, 4) is 11.5 Å². The van der Waals surface area contributed by atoms with Gasteiger partial charge in [0.15, 0.2) is 16.6 Å². The lowest BCUT2D eigenvalue weighted by Gasteiger charge is -2.30. The normalized spacial score (nSPS) is 15.6. The van der Waals surface area contributed by atoms with Gasteiger partial charge in [0.05, 0.1) is 25.3 Å². The molecule has 7 heteroatoms. The van der Waals surface area contributed by atoms with E-state index in [1.54, 1.807) is 7.11 Å². The second kappa shape index (κ2) is 11.5. The van der Waals surface area contributed by atoms with Crippen LogP contribution in [0.15, 0.2) is 59.8 Å². The Balaban J connectivity index is 1.81. The molecule has 2 aromatic carbocycles. The SMILES string of the molecule is CCCCCOc1ccc(C2NC(=S)NC(C)=C2C(=O)OCc2ccccc2)cc1OC. The molecule has 170 valence electrons. The van der Waals surface area contributed by atoms with Gasteiger partial charge >= 0.3 is 5.97 Å². The number of carbonyl (C=O) groups is 1. The summed E-state index contributed by atoms with van der Waals surface area (Å²) in [5.74, 6) is 0.885. The number of allylic oxidation sites excluding steroid dienone is 1. The van der Waals surface area contributed by atoms with Crippen molar-refractivity contribution < 1.29 is 19.0 Å². The first-order chi connectivity index (χ1) is 15.5. The Morgan fingerprint density at radius 3 is 2.59 bits per heavy atom. The van der Waals surface area contributed by atoms with E-state index in [9.17, 15) is 4.79 Å². The fourth-order valence-electron chi connectivity index (χ4n) is 3.53. The topological polar surface area (TPSA) is 68.8 Å². The highest BCUT2D eigenvalue weighted by atomic mass is 32.1. The van der Waals surface area contributed by atoms with Crippen LogP contribution < -0.4 is 20.1 Å². The van der Waals surface area contributed by atoms with Crippen LogP contribution in [0.4, 0.5) is 0 Å². The number of benzene rings is 2. The Morgan fingerprint density at radius 1 is 1.09 bits per heavy atom. The molecule has 0 bridgehead atoms. The zero-order chi connectivity index (χ0) is 22.9. The number of hydrogen-bond donors (Lipinski definition) is 2. The molecule has 1 unspecified atom stereocenters. The van der Waals surface area contributed by atoms with E-state index >= 15 is 0 Å². The molecule has 0 amide bonds. The Hall–Kier alpha value is -3.06. The monoisotopic (exact) mass is 454 g/mol. The fourth-order valence-corrected chi connectivity index (χ4v) is 3.80. The molecule has 0 fully saturated rings. The minimum atomic E-state index is -0.463. The third-order valence-electron chi connectivity index (χ3n) is 5.23. The molecule has 0 saturated carbocycles. The molecule has 32 heavy (non-hydrogen) atoms. The molecule has 1 heterocycles. The highest BCUT2D eigenvalue weighted by molar-refractivity contribution is 7.80. The molecule has 0 spiro atoms. The number of rotatable bonds is 10. The van der Waals surface area contributed by atoms with E-state index < -0.39 is 12.0 Å². The number of methoxy groups -OCH3 is 1. The second-order valence-electron chi connectivity index (χ2n) is 7.60. The van der Waals surface area contributed by atoms with E-state index in [4.69, 9.17) is 26.4 Å². The maximum Gasteiger partial charge on any atom is 0.338 e. The van der Waals surface area contributed by atoms with Crippen LogP contribution in [0.2, 0.25) is 0 Å². The van der Waals surface area contributed by atoms with E-state index in [-0.39, 0.29) is 6.61 Å². The average Bonchev–Trinajstić information content (AvgIpc) is 2.80. The van der Waals surface area contributed by atoms with Crippen molar-refractivity contribution in [1.29, 1.82) is 0 Å². The van der Waals surface area contributed by atoms with Crippen LogP contribution in [0, 0.1) is 0 Å². The molecule has 0 saturated heterocycles. The minimum absolute atomic E-state index is 0.196. The molecule has 0 radical (unpaired) electrons. The van der Waals surface area contributed by atoms with Crippen molar-refractivity contribution in [3.63, 3.8) is 0 Å². The lowest BCUT2D eigenvalue weighted by Crippen LogP contribution is -2.45. The number of hydrogen-bond acceptors (Lipinski definition) is 5. The third kappa shape index (κ3) is 6.01. The second-order valence-corrected chi connectivity index (χ2v) is 8.01. The van der Waals surface area contributed by atoms with Crippen molar-refractivity contribution in [3.05, 3.63) is 70.9 Å². The van der Waals surface area contributed by atoms with Gasteiger partial charge in [-0.25, -0.2) is 4.79 Å². The molecule has 0 aromatic heterocycles. The first kappa shape index (κ1) is 23.6. The minimum Gasteiger partial charge on any atom is -0.493 e. The zero-order valence-electron chi connectivity index (χ0n) is 18.8. The van der Waals surface area contributed by atoms with Gasteiger partial charge in [-0.05, 0) is 48.8 Å². The first-order valence-electron chi connectivity index (χ1n) is 10.8. The van der Waals surface area contributed by atoms with Crippen LogP contribution in [-0.2, 0) is 16.1 Å². The van der Waals surface area contributed by atoms with Gasteiger partial charge in [0, 0.05) is 5.70 Å². The van der Waals surface area contributed by atoms with Gasteiger partial charge in [-0.1, -0.05) is 56.2 Å². The smallest absolute Gasteiger partial charge is 0.338 e. The Labute approximate surface area is 194 Å². The molecule has 1 aliphatic rings. The van der Waals surface area contributed by atoms with Crippen molar-refractivity contribution in [2.75, 3.05) is 13.7 Å². The summed E-state index contributed by atoms with van der Waals surface area (Å²) < 4.78 is 17.0. The van der Waals surface area contributed by atoms with Crippen molar-refractivity contribution >= 4 is 23.3 Å². The quantitative estimate of drug-likeness (QED) is 0.304. The van der Waals surface area contributed by atoms with Gasteiger partial charge in [0.25, 0.3) is 0 Å². The van der Waals surface area contributed by atoms with Gasteiger partial charge in [-0.15, -0.1) is 0 Å². The third-order valence-corrected chi connectivity index (χ3v) is 5.45. The predicted molar refractivity (Wildman–Crippen MR) is 129 cm³/mol. The molecule has 2 N–H and O–H groups in total. The Kier molecular flexibility index (Phi) is 8.50. The number of thiocarbonyl (C=S) groups is 1. The lowest BCUT2D eigenvalue weighted by molar-refractivity contribution is -0.140. The van der Waals surface area contributed by atoms with Crippen LogP contribution in [0.25, 0.3) is 0 Å². The van der Waals surface area contributed by atoms with E-state index in [2.05, 4.69) is 17.6 Å². The Morgan fingerprint density at radius 2 is 1.88 bits per heavy atom. The van der Waals surface area contributed by atoms with Crippen LogP contribution in [-0.4, -0.2) is 24.8 Å². The highest BCUT2D eigenvalue weighted by Crippen LogP contribution is 2.34. The van der Waals surface area contributed by atoms with Crippen molar-refractivity contribution in [2.45, 2.75) is 45.8 Å². The summed E-state index contributed by atoms with van der Waals surface area (Å²) in [4.78, 5) is 13.0. The van der Waals surface area contributed by atoms with Crippen LogP contribution >= 0.6 is 12.2 Å². The van der Waals surface area contributed by atoms with E-state index in [0.29, 0.717) is 34.5 Å². The van der Waals surface area contributed by atoms with Gasteiger partial charge < -0.3 is 24.8 Å². The van der Waals surface area contributed by atoms with Crippen molar-refractivity contribution in [2.24, 2.45) is 0 Å². The number of esters is 1. The maximum absolute atomic E-state index is 13.0. The number of carbonyl (C=O) groups excluding carboxylic acids is 1. The lowest BCUT2D eigenvalue weighted by atomic mass is 9.95. The van der Waals surface area contributed by atoms with Gasteiger partial charge in [-0.2, -0.15) is 0 Å². The fraction of sp³-hybridized carbons (Fsp3) is 0.360. The van der Waals surface area contributed by atoms with Crippen LogP contribution in [0.5, 0.6) is 11.5 Å². The summed E-state index contributed by atoms with van der Waals surface area (Å²) in [6.45, 7) is 4.81. The van der Waals surface area contributed by atoms with Crippen LogP contribution in [0.3, 0.4) is 0 Å². The first-order valence-corrected chi connectivity index (χ1v) is 11.2. The molecular formula is C25H30N2O4S. The molecule has 1 aliphatic heterocycles. The highest BCUT2D eigenvalue weighted by Gasteiger charge is 2.31. The number of nitrogens with one attached hydrogen (secondary N) is 2. The molecule has 0 aliphatic carbocycles.